The maximum atomic E-state index is 13.7. The molecular formula is C15H22ClFN2O. The van der Waals surface area contributed by atoms with Crippen molar-refractivity contribution in [2.75, 3.05) is 6.54 Å². The zero-order chi connectivity index (χ0) is 15.0. The molecule has 1 aromatic carbocycles. The number of halogens is 2. The molecule has 20 heavy (non-hydrogen) atoms. The number of hydrogen-bond donors (Lipinski definition) is 2. The second-order valence-corrected chi connectivity index (χ2v) is 5.28. The topological polar surface area (TPSA) is 55.1 Å². The maximum absolute atomic E-state index is 13.7. The van der Waals surface area contributed by atoms with Crippen molar-refractivity contribution >= 4 is 17.5 Å². The summed E-state index contributed by atoms with van der Waals surface area (Å²) in [5, 5.41) is 3.11. The first-order valence-corrected chi connectivity index (χ1v) is 7.37. The number of hydrogen-bond acceptors (Lipinski definition) is 2. The molecule has 5 heteroatoms. The fraction of sp³-hybridized carbons (Fsp3) is 0.533. The zero-order valence-corrected chi connectivity index (χ0v) is 12.5. The van der Waals surface area contributed by atoms with Crippen molar-refractivity contribution in [2.24, 2.45) is 5.73 Å². The van der Waals surface area contributed by atoms with Gasteiger partial charge < -0.3 is 11.1 Å². The van der Waals surface area contributed by atoms with Gasteiger partial charge in [0.15, 0.2) is 0 Å². The molecule has 1 unspecified atom stereocenters. The lowest BCUT2D eigenvalue weighted by atomic mass is 10.1. The van der Waals surface area contributed by atoms with Crippen LogP contribution in [0.2, 0.25) is 5.02 Å². The first-order valence-electron chi connectivity index (χ1n) is 6.99. The van der Waals surface area contributed by atoms with Gasteiger partial charge in [0.2, 0.25) is 5.91 Å². The minimum absolute atomic E-state index is 0.0791. The van der Waals surface area contributed by atoms with Crippen LogP contribution in [0.4, 0.5) is 4.39 Å². The molecule has 1 atom stereocenters. The third kappa shape index (κ3) is 5.47. The Morgan fingerprint density at radius 1 is 1.35 bits per heavy atom. The van der Waals surface area contributed by atoms with Crippen molar-refractivity contribution in [2.45, 2.75) is 45.1 Å². The minimum Gasteiger partial charge on any atom is -0.349 e. The van der Waals surface area contributed by atoms with E-state index in [2.05, 4.69) is 5.32 Å². The number of amides is 1. The Morgan fingerprint density at radius 3 is 2.70 bits per heavy atom. The average molecular weight is 301 g/mol. The van der Waals surface area contributed by atoms with Crippen LogP contribution in [0.25, 0.3) is 0 Å². The van der Waals surface area contributed by atoms with Gasteiger partial charge in [-0.3, -0.25) is 4.79 Å². The van der Waals surface area contributed by atoms with E-state index in [1.165, 1.54) is 6.07 Å². The average Bonchev–Trinajstić information content (AvgIpc) is 2.38. The Hall–Kier alpha value is -1.13. The van der Waals surface area contributed by atoms with Crippen molar-refractivity contribution in [3.63, 3.8) is 0 Å². The lowest BCUT2D eigenvalue weighted by Gasteiger charge is -2.16. The number of nitrogens with two attached hydrogens (primary N) is 1. The minimum atomic E-state index is -0.430. The van der Waals surface area contributed by atoms with E-state index in [-0.39, 0.29) is 5.91 Å². The molecule has 0 aliphatic carbocycles. The van der Waals surface area contributed by atoms with Crippen LogP contribution >= 0.6 is 11.6 Å². The van der Waals surface area contributed by atoms with Crippen LogP contribution in [0.3, 0.4) is 0 Å². The number of carbonyl (C=O) groups excluding carboxylic acids is 1. The van der Waals surface area contributed by atoms with Crippen molar-refractivity contribution in [1.82, 2.24) is 5.32 Å². The fourth-order valence-corrected chi connectivity index (χ4v) is 2.42. The highest BCUT2D eigenvalue weighted by atomic mass is 35.5. The summed E-state index contributed by atoms with van der Waals surface area (Å²) in [6, 6.07) is 4.08. The summed E-state index contributed by atoms with van der Waals surface area (Å²) < 4.78 is 13.7. The van der Waals surface area contributed by atoms with Gasteiger partial charge in [-0.05, 0) is 38.4 Å². The lowest BCUT2D eigenvalue weighted by Crippen LogP contribution is -2.27. The molecule has 0 heterocycles. The van der Waals surface area contributed by atoms with Crippen molar-refractivity contribution in [1.29, 1.82) is 0 Å². The molecule has 0 aliphatic heterocycles. The van der Waals surface area contributed by atoms with Crippen LogP contribution < -0.4 is 11.1 Å². The normalized spacial score (nSPS) is 12.2. The third-order valence-corrected chi connectivity index (χ3v) is 3.50. The lowest BCUT2D eigenvalue weighted by molar-refractivity contribution is -0.121. The molecular weight excluding hydrogens is 279 g/mol. The fourth-order valence-electron chi connectivity index (χ4n) is 2.09. The van der Waals surface area contributed by atoms with Crippen LogP contribution in [0.15, 0.2) is 18.2 Å². The van der Waals surface area contributed by atoms with E-state index in [1.54, 1.807) is 19.1 Å². The van der Waals surface area contributed by atoms with Crippen LogP contribution in [0.5, 0.6) is 0 Å². The molecule has 1 aromatic rings. The molecule has 3 N–H and O–H groups in total. The molecule has 1 amide bonds. The van der Waals surface area contributed by atoms with Crippen LogP contribution in [0.1, 0.15) is 50.6 Å². The predicted octanol–water partition coefficient (Wildman–Crippen LogP) is 3.57. The molecule has 0 radical (unpaired) electrons. The Balaban J connectivity index is 2.42. The van der Waals surface area contributed by atoms with E-state index in [9.17, 15) is 9.18 Å². The van der Waals surface area contributed by atoms with E-state index in [0.29, 0.717) is 23.6 Å². The Bertz CT molecular complexity index is 420. The van der Waals surface area contributed by atoms with Gasteiger partial charge in [-0.2, -0.15) is 0 Å². The van der Waals surface area contributed by atoms with Crippen molar-refractivity contribution < 1.29 is 9.18 Å². The SMILES string of the molecule is CC(NC(=O)CCCCCCN)c1c(F)cccc1Cl. The van der Waals surface area contributed by atoms with Gasteiger partial charge >= 0.3 is 0 Å². The van der Waals surface area contributed by atoms with E-state index >= 15 is 0 Å². The largest absolute Gasteiger partial charge is 0.349 e. The van der Waals surface area contributed by atoms with Gasteiger partial charge in [-0.1, -0.05) is 30.5 Å². The summed E-state index contributed by atoms with van der Waals surface area (Å²) >= 11 is 5.97. The summed E-state index contributed by atoms with van der Waals surface area (Å²) in [7, 11) is 0. The summed E-state index contributed by atoms with van der Waals surface area (Å²) in [5.74, 6) is -0.474. The molecule has 0 aliphatic rings. The second-order valence-electron chi connectivity index (χ2n) is 4.88. The Labute approximate surface area is 124 Å². The molecule has 0 bridgehead atoms. The van der Waals surface area contributed by atoms with Gasteiger partial charge in [0.05, 0.1) is 6.04 Å². The van der Waals surface area contributed by atoms with Crippen LogP contribution in [0, 0.1) is 5.82 Å². The molecule has 112 valence electrons. The smallest absolute Gasteiger partial charge is 0.220 e. The van der Waals surface area contributed by atoms with Crippen LogP contribution in [-0.2, 0) is 4.79 Å². The molecule has 0 saturated heterocycles. The first-order chi connectivity index (χ1) is 9.56. The standard InChI is InChI=1S/C15H22ClFN2O/c1-11(15-12(16)7-6-8-13(15)17)19-14(20)9-4-2-3-5-10-18/h6-8,11H,2-5,9-10,18H2,1H3,(H,19,20). The number of benzene rings is 1. The number of rotatable bonds is 8. The molecule has 1 rings (SSSR count). The monoisotopic (exact) mass is 300 g/mol. The quantitative estimate of drug-likeness (QED) is 0.721. The van der Waals surface area contributed by atoms with Crippen LogP contribution in [-0.4, -0.2) is 12.5 Å². The summed E-state index contributed by atoms with van der Waals surface area (Å²) in [6.45, 7) is 2.42. The number of nitrogens with one attached hydrogen (secondary N) is 1. The van der Waals surface area contributed by atoms with E-state index in [0.717, 1.165) is 25.7 Å². The maximum Gasteiger partial charge on any atom is 0.220 e. The number of unbranched alkanes of at least 4 members (excludes halogenated alkanes) is 3. The van der Waals surface area contributed by atoms with Crippen molar-refractivity contribution in [3.8, 4) is 0 Å². The van der Waals surface area contributed by atoms with Gasteiger partial charge in [-0.25, -0.2) is 4.39 Å². The summed E-state index contributed by atoms with van der Waals surface area (Å²) in [4.78, 5) is 11.8. The molecule has 0 spiro atoms. The summed E-state index contributed by atoms with van der Waals surface area (Å²) in [6.07, 6.45) is 4.28. The Morgan fingerprint density at radius 2 is 2.05 bits per heavy atom. The summed E-state index contributed by atoms with van der Waals surface area (Å²) in [5.41, 5.74) is 5.74. The molecule has 0 saturated carbocycles. The molecule has 3 nitrogen and oxygen atoms in total. The molecule has 0 aromatic heterocycles. The van der Waals surface area contributed by atoms with Crippen molar-refractivity contribution in [3.05, 3.63) is 34.6 Å². The van der Waals surface area contributed by atoms with Gasteiger partial charge in [0, 0.05) is 17.0 Å². The van der Waals surface area contributed by atoms with E-state index in [1.807, 2.05) is 0 Å². The highest BCUT2D eigenvalue weighted by Gasteiger charge is 2.16. The van der Waals surface area contributed by atoms with E-state index < -0.39 is 11.9 Å². The van der Waals surface area contributed by atoms with Gasteiger partial charge in [-0.15, -0.1) is 0 Å². The van der Waals surface area contributed by atoms with E-state index in [4.69, 9.17) is 17.3 Å². The second kappa shape index (κ2) is 8.93. The Kier molecular flexibility index (Phi) is 7.55. The number of carbonyl (C=O) groups is 1. The third-order valence-electron chi connectivity index (χ3n) is 3.17. The highest BCUT2D eigenvalue weighted by Crippen LogP contribution is 2.25. The molecule has 0 fully saturated rings. The van der Waals surface area contributed by atoms with Gasteiger partial charge in [0.1, 0.15) is 5.82 Å². The zero-order valence-electron chi connectivity index (χ0n) is 11.8. The highest BCUT2D eigenvalue weighted by molar-refractivity contribution is 6.31. The first kappa shape index (κ1) is 16.9. The van der Waals surface area contributed by atoms with Gasteiger partial charge in [0.25, 0.3) is 0 Å². The predicted molar refractivity (Wildman–Crippen MR) is 80.1 cm³/mol.